The van der Waals surface area contributed by atoms with Crippen LogP contribution in [0.2, 0.25) is 0 Å². The highest BCUT2D eigenvalue weighted by Gasteiger charge is 2.31. The van der Waals surface area contributed by atoms with Crippen molar-refractivity contribution in [1.29, 1.82) is 0 Å². The van der Waals surface area contributed by atoms with Gasteiger partial charge >= 0.3 is 6.09 Å². The third-order valence-corrected chi connectivity index (χ3v) is 5.18. The maximum atomic E-state index is 12.0. The lowest BCUT2D eigenvalue weighted by atomic mass is 10.1. The van der Waals surface area contributed by atoms with Crippen LogP contribution in [0, 0.1) is 6.92 Å². The minimum atomic E-state index is -0.451. The van der Waals surface area contributed by atoms with Crippen molar-refractivity contribution in [2.45, 2.75) is 77.6 Å². The van der Waals surface area contributed by atoms with Gasteiger partial charge in [0.05, 0.1) is 0 Å². The molecule has 3 atom stereocenters. The summed E-state index contributed by atoms with van der Waals surface area (Å²) >= 11 is 1.79. The predicted octanol–water partition coefficient (Wildman–Crippen LogP) is 4.15. The molecule has 0 bridgehead atoms. The summed E-state index contributed by atoms with van der Waals surface area (Å²) in [6.45, 7) is 10.0. The number of hydrogen-bond acceptors (Lipinski definition) is 4. The topological polar surface area (TPSA) is 50.4 Å². The quantitative estimate of drug-likeness (QED) is 0.874. The fourth-order valence-corrected chi connectivity index (χ4v) is 3.96. The van der Waals surface area contributed by atoms with Gasteiger partial charge in [0.2, 0.25) is 0 Å². The Morgan fingerprint density at radius 3 is 2.64 bits per heavy atom. The van der Waals surface area contributed by atoms with Gasteiger partial charge in [0.15, 0.2) is 0 Å². The van der Waals surface area contributed by atoms with Crippen LogP contribution in [-0.4, -0.2) is 23.8 Å². The van der Waals surface area contributed by atoms with Crippen LogP contribution in [0.3, 0.4) is 0 Å². The van der Waals surface area contributed by atoms with Gasteiger partial charge in [-0.2, -0.15) is 0 Å². The van der Waals surface area contributed by atoms with Gasteiger partial charge in [0.1, 0.15) is 5.60 Å². The summed E-state index contributed by atoms with van der Waals surface area (Å²) in [4.78, 5) is 13.3. The number of nitrogens with one attached hydrogen (secondary N) is 2. The second-order valence-electron chi connectivity index (χ2n) is 7.15. The van der Waals surface area contributed by atoms with Crippen molar-refractivity contribution in [3.05, 3.63) is 21.9 Å². The molecule has 124 valence electrons. The van der Waals surface area contributed by atoms with E-state index in [1.807, 2.05) is 20.8 Å². The Bertz CT molecular complexity index is 507. The molecule has 0 spiro atoms. The van der Waals surface area contributed by atoms with Crippen molar-refractivity contribution in [3.8, 4) is 0 Å². The number of ether oxygens (including phenoxy) is 1. The molecule has 1 aliphatic rings. The summed E-state index contributed by atoms with van der Waals surface area (Å²) in [5.41, 5.74) is 0.882. The Morgan fingerprint density at radius 2 is 2.05 bits per heavy atom. The Kier molecular flexibility index (Phi) is 5.50. The molecule has 4 nitrogen and oxygen atoms in total. The van der Waals surface area contributed by atoms with E-state index in [0.717, 1.165) is 19.3 Å². The molecule has 0 saturated heterocycles. The molecule has 1 heterocycles. The minimum Gasteiger partial charge on any atom is -0.444 e. The Labute approximate surface area is 137 Å². The standard InChI is InChI=1S/C17H28N2O2S/c1-11-9-10-22-15(11)12(2)18-13-7-6-8-14(13)19-16(20)21-17(3,4)5/h9-10,12-14,18H,6-8H2,1-5H3,(H,19,20). The van der Waals surface area contributed by atoms with E-state index >= 15 is 0 Å². The van der Waals surface area contributed by atoms with Crippen molar-refractivity contribution in [2.75, 3.05) is 0 Å². The van der Waals surface area contributed by atoms with Crippen LogP contribution in [0.15, 0.2) is 11.4 Å². The summed E-state index contributed by atoms with van der Waals surface area (Å²) in [6, 6.07) is 2.93. The van der Waals surface area contributed by atoms with Gasteiger partial charge in [0.25, 0.3) is 0 Å². The first-order chi connectivity index (χ1) is 10.3. The van der Waals surface area contributed by atoms with Gasteiger partial charge in [-0.3, -0.25) is 0 Å². The number of amides is 1. The van der Waals surface area contributed by atoms with E-state index in [1.165, 1.54) is 10.4 Å². The summed E-state index contributed by atoms with van der Waals surface area (Å²) in [7, 11) is 0. The summed E-state index contributed by atoms with van der Waals surface area (Å²) < 4.78 is 5.37. The Hall–Kier alpha value is -1.07. The van der Waals surface area contributed by atoms with Gasteiger partial charge in [0, 0.05) is 23.0 Å². The fourth-order valence-electron chi connectivity index (χ4n) is 3.02. The van der Waals surface area contributed by atoms with Crippen LogP contribution in [0.4, 0.5) is 4.79 Å². The molecule has 22 heavy (non-hydrogen) atoms. The fraction of sp³-hybridized carbons (Fsp3) is 0.706. The molecule has 2 N–H and O–H groups in total. The zero-order valence-electron chi connectivity index (χ0n) is 14.2. The number of alkyl carbamates (subject to hydrolysis) is 1. The first-order valence-corrected chi connectivity index (χ1v) is 8.94. The van der Waals surface area contributed by atoms with Crippen molar-refractivity contribution in [3.63, 3.8) is 0 Å². The third-order valence-electron chi connectivity index (χ3n) is 3.98. The van der Waals surface area contributed by atoms with E-state index in [9.17, 15) is 4.79 Å². The predicted molar refractivity (Wildman–Crippen MR) is 91.4 cm³/mol. The number of hydrogen-bond donors (Lipinski definition) is 2. The van der Waals surface area contributed by atoms with Gasteiger partial charge in [-0.05, 0) is 70.9 Å². The molecule has 3 unspecified atom stereocenters. The summed E-state index contributed by atoms with van der Waals surface area (Å²) in [6.07, 6.45) is 2.92. The van der Waals surface area contributed by atoms with Crippen LogP contribution in [0.5, 0.6) is 0 Å². The molecule has 1 aliphatic carbocycles. The van der Waals surface area contributed by atoms with Gasteiger partial charge in [-0.25, -0.2) is 4.79 Å². The number of thiophene rings is 1. The maximum absolute atomic E-state index is 12.0. The van der Waals surface area contributed by atoms with Crippen molar-refractivity contribution < 1.29 is 9.53 Å². The van der Waals surface area contributed by atoms with E-state index < -0.39 is 5.60 Å². The number of aryl methyl sites for hydroxylation is 1. The van der Waals surface area contributed by atoms with Crippen molar-refractivity contribution in [2.24, 2.45) is 0 Å². The number of carbonyl (C=O) groups excluding carboxylic acids is 1. The lowest BCUT2D eigenvalue weighted by molar-refractivity contribution is 0.0497. The monoisotopic (exact) mass is 324 g/mol. The third kappa shape index (κ3) is 4.71. The molecule has 0 aromatic carbocycles. The second kappa shape index (κ2) is 7.01. The molecule has 0 aliphatic heterocycles. The lowest BCUT2D eigenvalue weighted by Crippen LogP contribution is -2.48. The average molecular weight is 324 g/mol. The highest BCUT2D eigenvalue weighted by atomic mass is 32.1. The first-order valence-electron chi connectivity index (χ1n) is 8.06. The van der Waals surface area contributed by atoms with Crippen molar-refractivity contribution >= 4 is 17.4 Å². The van der Waals surface area contributed by atoms with E-state index in [-0.39, 0.29) is 12.1 Å². The van der Waals surface area contributed by atoms with Crippen LogP contribution < -0.4 is 10.6 Å². The second-order valence-corrected chi connectivity index (χ2v) is 8.09. The van der Waals surface area contributed by atoms with Crippen LogP contribution in [-0.2, 0) is 4.74 Å². The molecular formula is C17H28N2O2S. The maximum Gasteiger partial charge on any atom is 0.407 e. The molecule has 0 radical (unpaired) electrons. The van der Waals surface area contributed by atoms with Crippen LogP contribution >= 0.6 is 11.3 Å². The van der Waals surface area contributed by atoms with E-state index in [2.05, 4.69) is 35.9 Å². The molecule has 1 saturated carbocycles. The smallest absolute Gasteiger partial charge is 0.407 e. The first kappa shape index (κ1) is 17.3. The van der Waals surface area contributed by atoms with E-state index in [4.69, 9.17) is 4.74 Å². The highest BCUT2D eigenvalue weighted by molar-refractivity contribution is 7.10. The largest absolute Gasteiger partial charge is 0.444 e. The van der Waals surface area contributed by atoms with E-state index in [1.54, 1.807) is 11.3 Å². The van der Waals surface area contributed by atoms with Crippen LogP contribution in [0.1, 0.15) is 63.4 Å². The minimum absolute atomic E-state index is 0.151. The zero-order valence-corrected chi connectivity index (χ0v) is 15.0. The molecule has 1 amide bonds. The lowest BCUT2D eigenvalue weighted by Gasteiger charge is -2.27. The average Bonchev–Trinajstić information content (AvgIpc) is 2.96. The van der Waals surface area contributed by atoms with Gasteiger partial charge in [-0.15, -0.1) is 11.3 Å². The highest BCUT2D eigenvalue weighted by Crippen LogP contribution is 2.27. The summed E-state index contributed by atoms with van der Waals surface area (Å²) in [5.74, 6) is 0. The Morgan fingerprint density at radius 1 is 1.36 bits per heavy atom. The van der Waals surface area contributed by atoms with Crippen LogP contribution in [0.25, 0.3) is 0 Å². The normalized spacial score (nSPS) is 23.3. The molecule has 2 rings (SSSR count). The Balaban J connectivity index is 1.91. The SMILES string of the molecule is Cc1ccsc1C(C)NC1CCCC1NC(=O)OC(C)(C)C. The number of rotatable bonds is 4. The van der Waals surface area contributed by atoms with E-state index in [0.29, 0.717) is 12.1 Å². The molecule has 5 heteroatoms. The van der Waals surface area contributed by atoms with Gasteiger partial charge in [-0.1, -0.05) is 0 Å². The zero-order chi connectivity index (χ0) is 16.3. The molecule has 1 aromatic rings. The van der Waals surface area contributed by atoms with Crippen molar-refractivity contribution in [1.82, 2.24) is 10.6 Å². The summed E-state index contributed by atoms with van der Waals surface area (Å²) in [5, 5.41) is 8.84. The molecule has 1 aromatic heterocycles. The molecule has 1 fully saturated rings. The number of carbonyl (C=O) groups is 1. The van der Waals surface area contributed by atoms with Gasteiger partial charge < -0.3 is 15.4 Å². The molecular weight excluding hydrogens is 296 g/mol.